The summed E-state index contributed by atoms with van der Waals surface area (Å²) in [6, 6.07) is 6.01. The van der Waals surface area contributed by atoms with Gasteiger partial charge >= 0.3 is 0 Å². The van der Waals surface area contributed by atoms with Crippen molar-refractivity contribution in [3.63, 3.8) is 0 Å². The zero-order valence-corrected chi connectivity index (χ0v) is 10.8. The number of pyridine rings is 1. The Morgan fingerprint density at radius 1 is 1.17 bits per heavy atom. The van der Waals surface area contributed by atoms with Crippen molar-refractivity contribution in [1.29, 1.82) is 0 Å². The number of anilines is 1. The van der Waals surface area contributed by atoms with Crippen LogP contribution in [-0.2, 0) is 0 Å². The molecule has 0 radical (unpaired) electrons. The molecule has 1 aromatic carbocycles. The Kier molecular flexibility index (Phi) is 5.11. The number of hydrogen-bond donors (Lipinski definition) is 1. The molecule has 18 heavy (non-hydrogen) atoms. The van der Waals surface area contributed by atoms with Gasteiger partial charge in [-0.1, -0.05) is 13.8 Å². The van der Waals surface area contributed by atoms with Gasteiger partial charge in [-0.2, -0.15) is 0 Å². The maximum atomic E-state index is 13.4. The molecule has 2 N–H and O–H groups in total. The fourth-order valence-electron chi connectivity index (χ4n) is 1.29. The molecule has 0 atom stereocenters. The number of rotatable bonds is 2. The molecule has 3 nitrogen and oxygen atoms in total. The number of aryl methyl sites for hydroxylation is 1. The Bertz CT molecular complexity index is 515. The van der Waals surface area contributed by atoms with Crippen LogP contribution < -0.4 is 10.5 Å². The van der Waals surface area contributed by atoms with Crippen molar-refractivity contribution in [2.45, 2.75) is 20.8 Å². The number of nitrogen functional groups attached to an aromatic ring is 1. The molecule has 96 valence electrons. The van der Waals surface area contributed by atoms with Gasteiger partial charge in [0, 0.05) is 29.7 Å². The standard InChI is InChI=1S/C12H11FN2O.C2H6/c1-8-7-15-5-4-11(8)16-12-3-2-9(14)6-10(12)13;1-2/h2-7H,14H2,1H3;1-2H3. The Hall–Kier alpha value is -2.10. The van der Waals surface area contributed by atoms with Gasteiger partial charge < -0.3 is 10.5 Å². The summed E-state index contributed by atoms with van der Waals surface area (Å²) in [4.78, 5) is 3.93. The summed E-state index contributed by atoms with van der Waals surface area (Å²) >= 11 is 0. The minimum absolute atomic E-state index is 0.156. The quantitative estimate of drug-likeness (QED) is 0.819. The largest absolute Gasteiger partial charge is 0.454 e. The van der Waals surface area contributed by atoms with Gasteiger partial charge in [-0.05, 0) is 25.1 Å². The molecule has 0 amide bonds. The second-order valence-corrected chi connectivity index (χ2v) is 3.43. The maximum Gasteiger partial charge on any atom is 0.167 e. The van der Waals surface area contributed by atoms with Gasteiger partial charge in [0.25, 0.3) is 0 Å². The van der Waals surface area contributed by atoms with E-state index in [-0.39, 0.29) is 5.75 Å². The first-order chi connectivity index (χ1) is 8.66. The van der Waals surface area contributed by atoms with Crippen molar-refractivity contribution in [1.82, 2.24) is 4.98 Å². The lowest BCUT2D eigenvalue weighted by Crippen LogP contribution is -1.93. The number of ether oxygens (including phenoxy) is 1. The molecule has 0 fully saturated rings. The van der Waals surface area contributed by atoms with E-state index in [0.717, 1.165) is 5.56 Å². The highest BCUT2D eigenvalue weighted by Crippen LogP contribution is 2.27. The topological polar surface area (TPSA) is 48.1 Å². The smallest absolute Gasteiger partial charge is 0.167 e. The van der Waals surface area contributed by atoms with Crippen LogP contribution in [-0.4, -0.2) is 4.98 Å². The Morgan fingerprint density at radius 2 is 1.89 bits per heavy atom. The van der Waals surface area contributed by atoms with Gasteiger partial charge in [0.1, 0.15) is 5.75 Å². The van der Waals surface area contributed by atoms with E-state index in [0.29, 0.717) is 11.4 Å². The molecule has 1 heterocycles. The molecular weight excluding hydrogens is 231 g/mol. The van der Waals surface area contributed by atoms with Crippen molar-refractivity contribution in [3.8, 4) is 11.5 Å². The lowest BCUT2D eigenvalue weighted by Gasteiger charge is -2.08. The number of nitrogens with two attached hydrogens (primary N) is 1. The summed E-state index contributed by atoms with van der Waals surface area (Å²) in [5.41, 5.74) is 6.66. The molecule has 0 saturated heterocycles. The highest BCUT2D eigenvalue weighted by molar-refractivity contribution is 5.44. The third kappa shape index (κ3) is 3.45. The first kappa shape index (κ1) is 14.0. The fourth-order valence-corrected chi connectivity index (χ4v) is 1.29. The third-order valence-corrected chi connectivity index (χ3v) is 2.14. The number of benzene rings is 1. The van der Waals surface area contributed by atoms with E-state index >= 15 is 0 Å². The van der Waals surface area contributed by atoms with Crippen LogP contribution >= 0.6 is 0 Å². The van der Waals surface area contributed by atoms with Gasteiger partial charge in [-0.3, -0.25) is 4.98 Å². The molecule has 0 aliphatic carbocycles. The molecule has 0 saturated carbocycles. The van der Waals surface area contributed by atoms with Gasteiger partial charge in [0.2, 0.25) is 0 Å². The van der Waals surface area contributed by atoms with Gasteiger partial charge in [-0.25, -0.2) is 4.39 Å². The molecule has 4 heteroatoms. The Balaban J connectivity index is 0.000000771. The minimum Gasteiger partial charge on any atom is -0.454 e. The number of hydrogen-bond acceptors (Lipinski definition) is 3. The fraction of sp³-hybridized carbons (Fsp3) is 0.214. The van der Waals surface area contributed by atoms with Crippen molar-refractivity contribution >= 4 is 5.69 Å². The summed E-state index contributed by atoms with van der Waals surface area (Å²) in [7, 11) is 0. The molecule has 0 aliphatic heterocycles. The summed E-state index contributed by atoms with van der Waals surface area (Å²) in [5, 5.41) is 0. The van der Waals surface area contributed by atoms with E-state index in [4.69, 9.17) is 10.5 Å². The maximum absolute atomic E-state index is 13.4. The van der Waals surface area contributed by atoms with Crippen molar-refractivity contribution < 1.29 is 9.13 Å². The lowest BCUT2D eigenvalue weighted by atomic mass is 10.2. The minimum atomic E-state index is -0.476. The summed E-state index contributed by atoms with van der Waals surface area (Å²) in [6.45, 7) is 5.84. The second-order valence-electron chi connectivity index (χ2n) is 3.43. The predicted octanol–water partition coefficient (Wildman–Crippen LogP) is 3.93. The number of nitrogens with zero attached hydrogens (tertiary/aromatic N) is 1. The van der Waals surface area contributed by atoms with Crippen LogP contribution in [0.15, 0.2) is 36.7 Å². The molecule has 2 rings (SSSR count). The third-order valence-electron chi connectivity index (χ3n) is 2.14. The van der Waals surface area contributed by atoms with Crippen molar-refractivity contribution in [2.24, 2.45) is 0 Å². The van der Waals surface area contributed by atoms with E-state index in [9.17, 15) is 4.39 Å². The van der Waals surface area contributed by atoms with Crippen LogP contribution in [0.1, 0.15) is 19.4 Å². The zero-order valence-electron chi connectivity index (χ0n) is 10.8. The van der Waals surface area contributed by atoms with Crippen LogP contribution in [0.3, 0.4) is 0 Å². The SMILES string of the molecule is CC.Cc1cnccc1Oc1ccc(N)cc1F. The van der Waals surface area contributed by atoms with E-state index in [1.165, 1.54) is 12.1 Å². The molecule has 0 unspecified atom stereocenters. The zero-order chi connectivity index (χ0) is 13.5. The highest BCUT2D eigenvalue weighted by Gasteiger charge is 2.06. The van der Waals surface area contributed by atoms with Crippen LogP contribution in [0, 0.1) is 12.7 Å². The molecule has 2 aromatic rings. The summed E-state index contributed by atoms with van der Waals surface area (Å²) < 4.78 is 18.9. The normalized spacial score (nSPS) is 9.33. The van der Waals surface area contributed by atoms with Crippen LogP contribution in [0.4, 0.5) is 10.1 Å². The van der Waals surface area contributed by atoms with E-state index in [2.05, 4.69) is 4.98 Å². The van der Waals surface area contributed by atoms with Gasteiger partial charge in [0.05, 0.1) is 0 Å². The van der Waals surface area contributed by atoms with Gasteiger partial charge in [0.15, 0.2) is 11.6 Å². The second kappa shape index (κ2) is 6.59. The Morgan fingerprint density at radius 3 is 2.50 bits per heavy atom. The van der Waals surface area contributed by atoms with Crippen molar-refractivity contribution in [3.05, 3.63) is 48.0 Å². The average molecular weight is 248 g/mol. The first-order valence-corrected chi connectivity index (χ1v) is 5.80. The van der Waals surface area contributed by atoms with E-state index in [1.54, 1.807) is 24.5 Å². The average Bonchev–Trinajstić information content (AvgIpc) is 2.38. The summed E-state index contributed by atoms with van der Waals surface area (Å²) in [5.74, 6) is 0.262. The molecular formula is C14H17FN2O. The van der Waals surface area contributed by atoms with Crippen molar-refractivity contribution in [2.75, 3.05) is 5.73 Å². The number of halogens is 1. The molecule has 0 bridgehead atoms. The van der Waals surface area contributed by atoms with Gasteiger partial charge in [-0.15, -0.1) is 0 Å². The molecule has 1 aromatic heterocycles. The van der Waals surface area contributed by atoms with Crippen LogP contribution in [0.25, 0.3) is 0 Å². The lowest BCUT2D eigenvalue weighted by molar-refractivity contribution is 0.439. The van der Waals surface area contributed by atoms with E-state index < -0.39 is 5.82 Å². The number of aromatic nitrogens is 1. The van der Waals surface area contributed by atoms with E-state index in [1.807, 2.05) is 20.8 Å². The van der Waals surface area contributed by atoms with Crippen LogP contribution in [0.5, 0.6) is 11.5 Å². The highest BCUT2D eigenvalue weighted by atomic mass is 19.1. The summed E-state index contributed by atoms with van der Waals surface area (Å²) in [6.07, 6.45) is 3.25. The Labute approximate surface area is 106 Å². The van der Waals surface area contributed by atoms with Crippen LogP contribution in [0.2, 0.25) is 0 Å². The first-order valence-electron chi connectivity index (χ1n) is 5.80. The molecule has 0 aliphatic rings. The predicted molar refractivity (Wildman–Crippen MR) is 71.2 cm³/mol. The monoisotopic (exact) mass is 248 g/mol. The molecule has 0 spiro atoms.